The van der Waals surface area contributed by atoms with Crippen molar-refractivity contribution in [2.24, 2.45) is 0 Å². The number of aliphatic hydroxyl groups is 1. The van der Waals surface area contributed by atoms with Gasteiger partial charge >= 0.3 is 0 Å². The minimum absolute atomic E-state index is 0.185. The predicted molar refractivity (Wildman–Crippen MR) is 77.3 cm³/mol. The van der Waals surface area contributed by atoms with Gasteiger partial charge in [-0.05, 0) is 19.1 Å². The van der Waals surface area contributed by atoms with Crippen LogP contribution in [0.2, 0.25) is 10.0 Å². The highest BCUT2D eigenvalue weighted by atomic mass is 35.5. The van der Waals surface area contributed by atoms with E-state index < -0.39 is 6.10 Å². The van der Waals surface area contributed by atoms with Crippen molar-refractivity contribution in [3.8, 4) is 5.75 Å². The Kier molecular flexibility index (Phi) is 7.49. The first-order chi connectivity index (χ1) is 9.02. The first kappa shape index (κ1) is 16.5. The van der Waals surface area contributed by atoms with Gasteiger partial charge in [0.1, 0.15) is 18.5 Å². The average Bonchev–Trinajstić information content (AvgIpc) is 2.38. The maximum Gasteiger partial charge on any atom is 0.121 e. The molecule has 108 valence electrons. The highest BCUT2D eigenvalue weighted by Gasteiger charge is 2.08. The molecular weight excluding hydrogens is 289 g/mol. The second-order valence-electron chi connectivity index (χ2n) is 4.31. The van der Waals surface area contributed by atoms with Crippen LogP contribution in [-0.4, -0.2) is 44.1 Å². The molecule has 6 heteroatoms. The largest absolute Gasteiger partial charge is 0.491 e. The molecule has 0 aliphatic rings. The molecule has 0 bridgehead atoms. The SMILES string of the molecule is COCC(C)NCC(O)COc1ccc(Cl)c(Cl)c1. The van der Waals surface area contributed by atoms with E-state index in [1.54, 1.807) is 25.3 Å². The van der Waals surface area contributed by atoms with E-state index in [2.05, 4.69) is 5.32 Å². The van der Waals surface area contributed by atoms with Crippen LogP contribution in [0.15, 0.2) is 18.2 Å². The third-order valence-corrected chi connectivity index (χ3v) is 3.19. The molecule has 0 fully saturated rings. The Morgan fingerprint density at radius 2 is 2.00 bits per heavy atom. The first-order valence-electron chi connectivity index (χ1n) is 6.01. The number of halogens is 2. The molecule has 0 amide bonds. The van der Waals surface area contributed by atoms with Crippen molar-refractivity contribution in [1.29, 1.82) is 0 Å². The van der Waals surface area contributed by atoms with Crippen molar-refractivity contribution < 1.29 is 14.6 Å². The highest BCUT2D eigenvalue weighted by Crippen LogP contribution is 2.26. The molecule has 0 heterocycles. The summed E-state index contributed by atoms with van der Waals surface area (Å²) in [6.45, 7) is 3.20. The molecule has 2 unspecified atom stereocenters. The van der Waals surface area contributed by atoms with Gasteiger partial charge in [0, 0.05) is 25.8 Å². The smallest absolute Gasteiger partial charge is 0.121 e. The first-order valence-corrected chi connectivity index (χ1v) is 6.76. The second-order valence-corrected chi connectivity index (χ2v) is 5.12. The van der Waals surface area contributed by atoms with Gasteiger partial charge in [0.25, 0.3) is 0 Å². The van der Waals surface area contributed by atoms with Crippen LogP contribution >= 0.6 is 23.2 Å². The summed E-state index contributed by atoms with van der Waals surface area (Å²) < 4.78 is 10.4. The Morgan fingerprint density at radius 3 is 2.63 bits per heavy atom. The van der Waals surface area contributed by atoms with Crippen LogP contribution in [-0.2, 0) is 4.74 Å². The van der Waals surface area contributed by atoms with Crippen molar-refractivity contribution >= 4 is 23.2 Å². The normalized spacial score (nSPS) is 14.2. The minimum atomic E-state index is -0.603. The zero-order valence-corrected chi connectivity index (χ0v) is 12.5. The number of nitrogens with one attached hydrogen (secondary N) is 1. The molecule has 0 aromatic heterocycles. The Bertz CT molecular complexity index is 390. The van der Waals surface area contributed by atoms with Crippen LogP contribution in [0.5, 0.6) is 5.75 Å². The average molecular weight is 308 g/mol. The lowest BCUT2D eigenvalue weighted by molar-refractivity contribution is 0.0973. The zero-order chi connectivity index (χ0) is 14.3. The molecule has 2 atom stereocenters. The van der Waals surface area contributed by atoms with Crippen LogP contribution < -0.4 is 10.1 Å². The molecule has 4 nitrogen and oxygen atoms in total. The molecule has 0 aliphatic heterocycles. The van der Waals surface area contributed by atoms with Gasteiger partial charge in [0.15, 0.2) is 0 Å². The van der Waals surface area contributed by atoms with E-state index >= 15 is 0 Å². The molecule has 2 N–H and O–H groups in total. The molecule has 1 aromatic carbocycles. The summed E-state index contributed by atoms with van der Waals surface area (Å²) in [6.07, 6.45) is -0.603. The Labute approximate surface area is 123 Å². The van der Waals surface area contributed by atoms with Crippen molar-refractivity contribution in [1.82, 2.24) is 5.32 Å². The van der Waals surface area contributed by atoms with E-state index in [0.29, 0.717) is 28.9 Å². The summed E-state index contributed by atoms with van der Waals surface area (Å²) in [5, 5.41) is 13.8. The molecule has 1 rings (SSSR count). The minimum Gasteiger partial charge on any atom is -0.491 e. The van der Waals surface area contributed by atoms with Crippen molar-refractivity contribution in [3.05, 3.63) is 28.2 Å². The molecule has 1 aromatic rings. The van der Waals surface area contributed by atoms with Crippen LogP contribution in [0.1, 0.15) is 6.92 Å². The van der Waals surface area contributed by atoms with Gasteiger partial charge < -0.3 is 19.9 Å². The molecular formula is C13H19Cl2NO3. The van der Waals surface area contributed by atoms with Gasteiger partial charge in [0.2, 0.25) is 0 Å². The lowest BCUT2D eigenvalue weighted by Gasteiger charge is -2.17. The van der Waals surface area contributed by atoms with Gasteiger partial charge in [-0.2, -0.15) is 0 Å². The maximum absolute atomic E-state index is 9.76. The third-order valence-electron chi connectivity index (χ3n) is 2.45. The summed E-state index contributed by atoms with van der Waals surface area (Å²) in [5.74, 6) is 0.582. The van der Waals surface area contributed by atoms with Gasteiger partial charge in [-0.3, -0.25) is 0 Å². The zero-order valence-electron chi connectivity index (χ0n) is 11.0. The van der Waals surface area contributed by atoms with E-state index in [0.717, 1.165) is 0 Å². The van der Waals surface area contributed by atoms with Gasteiger partial charge in [0.05, 0.1) is 16.7 Å². The Hall–Kier alpha value is -0.520. The molecule has 0 radical (unpaired) electrons. The number of hydrogen-bond donors (Lipinski definition) is 2. The van der Waals surface area contributed by atoms with Gasteiger partial charge in [-0.15, -0.1) is 0 Å². The number of rotatable bonds is 8. The van der Waals surface area contributed by atoms with Crippen LogP contribution in [0.4, 0.5) is 0 Å². The summed E-state index contributed by atoms with van der Waals surface area (Å²) in [6, 6.07) is 5.17. The van der Waals surface area contributed by atoms with Crippen molar-refractivity contribution in [2.75, 3.05) is 26.9 Å². The summed E-state index contributed by atoms with van der Waals surface area (Å²) in [7, 11) is 1.64. The van der Waals surface area contributed by atoms with Gasteiger partial charge in [-0.25, -0.2) is 0 Å². The van der Waals surface area contributed by atoms with E-state index in [1.807, 2.05) is 6.92 Å². The fraction of sp³-hybridized carbons (Fsp3) is 0.538. The van der Waals surface area contributed by atoms with E-state index in [4.69, 9.17) is 32.7 Å². The lowest BCUT2D eigenvalue weighted by atomic mass is 10.3. The summed E-state index contributed by atoms with van der Waals surface area (Å²) in [4.78, 5) is 0. The van der Waals surface area contributed by atoms with Crippen molar-refractivity contribution in [2.45, 2.75) is 19.1 Å². The molecule has 0 aliphatic carbocycles. The highest BCUT2D eigenvalue weighted by molar-refractivity contribution is 6.42. The topological polar surface area (TPSA) is 50.7 Å². The molecule has 0 spiro atoms. The van der Waals surface area contributed by atoms with Crippen LogP contribution in [0, 0.1) is 0 Å². The fourth-order valence-corrected chi connectivity index (χ4v) is 1.75. The van der Waals surface area contributed by atoms with Gasteiger partial charge in [-0.1, -0.05) is 23.2 Å². The Balaban J connectivity index is 2.29. The molecule has 0 saturated carbocycles. The fourth-order valence-electron chi connectivity index (χ4n) is 1.46. The predicted octanol–water partition coefficient (Wildman–Crippen LogP) is 2.36. The molecule has 19 heavy (non-hydrogen) atoms. The van der Waals surface area contributed by atoms with Crippen LogP contribution in [0.3, 0.4) is 0 Å². The van der Waals surface area contributed by atoms with E-state index in [1.165, 1.54) is 0 Å². The number of hydrogen-bond acceptors (Lipinski definition) is 4. The number of aliphatic hydroxyl groups excluding tert-OH is 1. The van der Waals surface area contributed by atoms with E-state index in [9.17, 15) is 5.11 Å². The Morgan fingerprint density at radius 1 is 1.26 bits per heavy atom. The number of benzene rings is 1. The monoisotopic (exact) mass is 307 g/mol. The quantitative estimate of drug-likeness (QED) is 0.774. The number of methoxy groups -OCH3 is 1. The second kappa shape index (κ2) is 8.61. The van der Waals surface area contributed by atoms with Crippen LogP contribution in [0.25, 0.3) is 0 Å². The summed E-state index contributed by atoms with van der Waals surface area (Å²) in [5.41, 5.74) is 0. The summed E-state index contributed by atoms with van der Waals surface area (Å²) >= 11 is 11.7. The van der Waals surface area contributed by atoms with E-state index in [-0.39, 0.29) is 12.6 Å². The number of ether oxygens (including phenoxy) is 2. The lowest BCUT2D eigenvalue weighted by Crippen LogP contribution is -2.38. The standard InChI is InChI=1S/C13H19Cl2NO3/c1-9(7-18-2)16-6-10(17)8-19-11-3-4-12(14)13(15)5-11/h3-5,9-10,16-17H,6-8H2,1-2H3. The maximum atomic E-state index is 9.76. The third kappa shape index (κ3) is 6.45. The molecule has 0 saturated heterocycles. The van der Waals surface area contributed by atoms with Crippen molar-refractivity contribution in [3.63, 3.8) is 0 Å².